The Morgan fingerprint density at radius 2 is 1.81 bits per heavy atom. The van der Waals surface area contributed by atoms with Gasteiger partial charge in [0.1, 0.15) is 5.70 Å². The van der Waals surface area contributed by atoms with Crippen molar-refractivity contribution in [3.63, 3.8) is 0 Å². The maximum atomic E-state index is 12.1. The summed E-state index contributed by atoms with van der Waals surface area (Å²) in [6.45, 7) is 8.74. The maximum Gasteiger partial charge on any atom is 0.276 e. The van der Waals surface area contributed by atoms with Gasteiger partial charge in [0.05, 0.1) is 0 Å². The average Bonchev–Trinajstić information content (AvgIpc) is 2.76. The largest absolute Gasteiger partial charge is 0.372 e. The van der Waals surface area contributed by atoms with Gasteiger partial charge in [-0.15, -0.1) is 0 Å². The van der Waals surface area contributed by atoms with Crippen LogP contribution in [0.3, 0.4) is 0 Å². The second-order valence-electron chi connectivity index (χ2n) is 4.80. The molecule has 112 valence electrons. The van der Waals surface area contributed by atoms with Crippen LogP contribution in [0.5, 0.6) is 0 Å². The van der Waals surface area contributed by atoms with E-state index in [-0.39, 0.29) is 5.91 Å². The van der Waals surface area contributed by atoms with E-state index in [1.807, 2.05) is 25.1 Å². The summed E-state index contributed by atoms with van der Waals surface area (Å²) in [6, 6.07) is 8.20. The van der Waals surface area contributed by atoms with Crippen LogP contribution in [-0.4, -0.2) is 35.6 Å². The molecule has 1 aromatic rings. The Bertz CT molecular complexity index is 561. The van der Waals surface area contributed by atoms with Crippen molar-refractivity contribution in [3.05, 3.63) is 35.5 Å². The summed E-state index contributed by atoms with van der Waals surface area (Å²) in [5, 5.41) is 3.45. The molecule has 0 saturated carbocycles. The molecule has 2 rings (SSSR count). The van der Waals surface area contributed by atoms with Gasteiger partial charge >= 0.3 is 0 Å². The quantitative estimate of drug-likeness (QED) is 0.670. The Balaban J connectivity index is 2.19. The Morgan fingerprint density at radius 3 is 2.29 bits per heavy atom. The minimum absolute atomic E-state index is 0.0599. The molecule has 4 nitrogen and oxygen atoms in total. The Morgan fingerprint density at radius 1 is 1.19 bits per heavy atom. The number of carbonyl (C=O) groups excluding carboxylic acids is 1. The topological polar surface area (TPSA) is 35.6 Å². The average molecular weight is 303 g/mol. The number of likely N-dealkylation sites (N-methyl/N-ethyl adjacent to an activating group) is 1. The number of nitrogens with one attached hydrogen (secondary N) is 1. The van der Waals surface area contributed by atoms with Crippen molar-refractivity contribution >= 4 is 35.0 Å². The molecular formula is C16H21N3OS. The van der Waals surface area contributed by atoms with Crippen molar-refractivity contribution < 1.29 is 4.79 Å². The molecular weight excluding hydrogens is 282 g/mol. The lowest BCUT2D eigenvalue weighted by Crippen LogP contribution is -2.30. The lowest BCUT2D eigenvalue weighted by atomic mass is 10.1. The number of hydrogen-bond donors (Lipinski definition) is 1. The number of amides is 1. The molecule has 21 heavy (non-hydrogen) atoms. The first-order valence-electron chi connectivity index (χ1n) is 7.30. The van der Waals surface area contributed by atoms with Crippen molar-refractivity contribution in [1.29, 1.82) is 0 Å². The van der Waals surface area contributed by atoms with Crippen molar-refractivity contribution in [2.45, 2.75) is 20.8 Å². The Hall–Kier alpha value is -1.88. The van der Waals surface area contributed by atoms with Crippen molar-refractivity contribution in [3.8, 4) is 0 Å². The Kier molecular flexibility index (Phi) is 4.96. The van der Waals surface area contributed by atoms with Crippen molar-refractivity contribution in [2.24, 2.45) is 0 Å². The number of carbonyl (C=O) groups is 1. The van der Waals surface area contributed by atoms with E-state index in [1.54, 1.807) is 4.90 Å². The van der Waals surface area contributed by atoms with Crippen LogP contribution in [0.2, 0.25) is 0 Å². The van der Waals surface area contributed by atoms with E-state index in [0.29, 0.717) is 17.4 Å². The lowest BCUT2D eigenvalue weighted by Gasteiger charge is -2.20. The van der Waals surface area contributed by atoms with Gasteiger partial charge in [0, 0.05) is 25.3 Å². The fraction of sp³-hybridized carbons (Fsp3) is 0.375. The molecule has 5 heteroatoms. The molecule has 1 heterocycles. The molecule has 1 saturated heterocycles. The van der Waals surface area contributed by atoms with Crippen LogP contribution in [0, 0.1) is 0 Å². The van der Waals surface area contributed by atoms with Gasteiger partial charge in [0.2, 0.25) is 0 Å². The van der Waals surface area contributed by atoms with Crippen molar-refractivity contribution in [1.82, 2.24) is 10.2 Å². The second kappa shape index (κ2) is 6.72. The number of hydrogen-bond acceptors (Lipinski definition) is 3. The molecule has 0 aromatic heterocycles. The third-order valence-corrected chi connectivity index (χ3v) is 3.93. The van der Waals surface area contributed by atoms with Gasteiger partial charge in [-0.05, 0) is 56.8 Å². The molecule has 1 aliphatic rings. The first-order valence-corrected chi connectivity index (χ1v) is 7.71. The summed E-state index contributed by atoms with van der Waals surface area (Å²) in [5.74, 6) is -0.0599. The smallest absolute Gasteiger partial charge is 0.276 e. The number of nitrogens with zero attached hydrogens (tertiary/aromatic N) is 2. The summed E-state index contributed by atoms with van der Waals surface area (Å²) in [7, 11) is 0. The summed E-state index contributed by atoms with van der Waals surface area (Å²) in [5.41, 5.74) is 2.72. The normalized spacial score (nSPS) is 16.5. The van der Waals surface area contributed by atoms with E-state index in [2.05, 4.69) is 36.2 Å². The molecule has 0 aliphatic carbocycles. The second-order valence-corrected chi connectivity index (χ2v) is 5.19. The molecule has 0 spiro atoms. The molecule has 1 N–H and O–H groups in total. The van der Waals surface area contributed by atoms with Crippen molar-refractivity contribution in [2.75, 3.05) is 24.5 Å². The summed E-state index contributed by atoms with van der Waals surface area (Å²) in [6.07, 6.45) is 1.84. The maximum absolute atomic E-state index is 12.1. The highest BCUT2D eigenvalue weighted by atomic mass is 32.1. The van der Waals surface area contributed by atoms with Crippen LogP contribution in [-0.2, 0) is 4.79 Å². The van der Waals surface area contributed by atoms with Crippen LogP contribution < -0.4 is 10.2 Å². The molecule has 1 aromatic carbocycles. The molecule has 0 unspecified atom stereocenters. The van der Waals surface area contributed by atoms with E-state index in [9.17, 15) is 4.79 Å². The zero-order valence-corrected chi connectivity index (χ0v) is 13.5. The first-order chi connectivity index (χ1) is 10.1. The van der Waals surface area contributed by atoms with Crippen LogP contribution >= 0.6 is 12.2 Å². The number of thiocarbonyl (C=S) groups is 1. The number of benzene rings is 1. The fourth-order valence-corrected chi connectivity index (χ4v) is 2.72. The van der Waals surface area contributed by atoms with Crippen LogP contribution in [0.25, 0.3) is 6.08 Å². The van der Waals surface area contributed by atoms with E-state index < -0.39 is 0 Å². The fourth-order valence-electron chi connectivity index (χ4n) is 2.40. The van der Waals surface area contributed by atoms with Gasteiger partial charge in [0.15, 0.2) is 5.11 Å². The van der Waals surface area contributed by atoms with Crippen LogP contribution in [0.1, 0.15) is 26.3 Å². The van der Waals surface area contributed by atoms with E-state index in [0.717, 1.165) is 18.7 Å². The molecule has 1 fully saturated rings. The molecule has 0 radical (unpaired) electrons. The predicted molar refractivity (Wildman–Crippen MR) is 91.1 cm³/mol. The zero-order chi connectivity index (χ0) is 15.4. The van der Waals surface area contributed by atoms with Gasteiger partial charge in [-0.3, -0.25) is 9.69 Å². The molecule has 1 aliphatic heterocycles. The Labute approximate surface area is 131 Å². The van der Waals surface area contributed by atoms with Gasteiger partial charge < -0.3 is 10.2 Å². The minimum Gasteiger partial charge on any atom is -0.372 e. The van der Waals surface area contributed by atoms with E-state index >= 15 is 0 Å². The van der Waals surface area contributed by atoms with E-state index in [1.165, 1.54) is 5.69 Å². The standard InChI is InChI=1S/C16H21N3OS/c1-4-18(5-2)13-9-7-12(8-10-13)11-14-15(20)19(6-3)16(21)17-14/h7-11H,4-6H2,1-3H3,(H,17,21)/b14-11-. The predicted octanol–water partition coefficient (Wildman–Crippen LogP) is 2.61. The highest BCUT2D eigenvalue weighted by Crippen LogP contribution is 2.18. The minimum atomic E-state index is -0.0599. The van der Waals surface area contributed by atoms with Gasteiger partial charge in [-0.1, -0.05) is 12.1 Å². The highest BCUT2D eigenvalue weighted by molar-refractivity contribution is 7.80. The third-order valence-electron chi connectivity index (χ3n) is 3.61. The first kappa shape index (κ1) is 15.5. The van der Waals surface area contributed by atoms with Crippen LogP contribution in [0.15, 0.2) is 30.0 Å². The van der Waals surface area contributed by atoms with Gasteiger partial charge in [-0.2, -0.15) is 0 Å². The van der Waals surface area contributed by atoms with E-state index in [4.69, 9.17) is 12.2 Å². The highest BCUT2D eigenvalue weighted by Gasteiger charge is 2.28. The SMILES string of the molecule is CCN1C(=O)/C(=C/c2ccc(N(CC)CC)cc2)NC1=S. The number of anilines is 1. The molecule has 1 amide bonds. The monoisotopic (exact) mass is 303 g/mol. The number of rotatable bonds is 5. The van der Waals surface area contributed by atoms with Gasteiger partial charge in [-0.25, -0.2) is 0 Å². The summed E-state index contributed by atoms with van der Waals surface area (Å²) >= 11 is 5.14. The third kappa shape index (κ3) is 3.24. The molecule has 0 atom stereocenters. The lowest BCUT2D eigenvalue weighted by molar-refractivity contribution is -0.122. The summed E-state index contributed by atoms with van der Waals surface area (Å²) < 4.78 is 0. The van der Waals surface area contributed by atoms with Gasteiger partial charge in [0.25, 0.3) is 5.91 Å². The zero-order valence-electron chi connectivity index (χ0n) is 12.7. The summed E-state index contributed by atoms with van der Waals surface area (Å²) in [4.78, 5) is 16.0. The molecule has 0 bridgehead atoms. The van der Waals surface area contributed by atoms with Crippen LogP contribution in [0.4, 0.5) is 5.69 Å².